The number of hydrogen-bond donors (Lipinski definition) is 6. The number of hydrogen-bond acceptors (Lipinski definition) is 7. The average molecular weight is 323 g/mol. The third-order valence-electron chi connectivity index (χ3n) is 4.39. The molecule has 1 saturated carbocycles. The molecule has 0 radical (unpaired) electrons. The zero-order chi connectivity index (χ0) is 16.1. The maximum Gasteiger partial charge on any atom is 0.266 e. The van der Waals surface area contributed by atoms with Gasteiger partial charge in [0.25, 0.3) is 10.1 Å². The van der Waals surface area contributed by atoms with Crippen LogP contribution in [0.1, 0.15) is 19.3 Å². The van der Waals surface area contributed by atoms with Gasteiger partial charge in [0.1, 0.15) is 0 Å². The lowest BCUT2D eigenvalue weighted by Gasteiger charge is -2.50. The summed E-state index contributed by atoms with van der Waals surface area (Å²) in [5, 5.41) is 13.0. The summed E-state index contributed by atoms with van der Waals surface area (Å²) < 4.78 is 30.2. The maximum atomic E-state index is 10.7. The van der Waals surface area contributed by atoms with Crippen LogP contribution in [0.2, 0.25) is 0 Å². The zero-order valence-corrected chi connectivity index (χ0v) is 13.9. The van der Waals surface area contributed by atoms with Crippen LogP contribution >= 0.6 is 0 Å². The van der Waals surface area contributed by atoms with E-state index in [2.05, 4.69) is 21.3 Å². The number of rotatable bonds is 8. The molecule has 1 fully saturated rings. The maximum absolute atomic E-state index is 10.7. The highest BCUT2D eigenvalue weighted by Crippen LogP contribution is 2.32. The van der Waals surface area contributed by atoms with Crippen molar-refractivity contribution in [1.82, 2.24) is 21.3 Å². The first-order valence-corrected chi connectivity index (χ1v) is 8.79. The van der Waals surface area contributed by atoms with Crippen LogP contribution in [0.3, 0.4) is 0 Å². The quantitative estimate of drug-likeness (QED) is 0.173. The minimum atomic E-state index is -3.93. The van der Waals surface area contributed by atoms with E-state index in [0.717, 1.165) is 19.3 Å². The molecule has 2 unspecified atom stereocenters. The molecule has 0 aromatic carbocycles. The van der Waals surface area contributed by atoms with Crippen molar-refractivity contribution in [2.24, 2.45) is 5.73 Å². The van der Waals surface area contributed by atoms with Crippen molar-refractivity contribution in [2.75, 3.05) is 40.0 Å². The van der Waals surface area contributed by atoms with Gasteiger partial charge in [-0.3, -0.25) is 4.55 Å². The summed E-state index contributed by atoms with van der Waals surface area (Å²) in [4.78, 5) is 0. The molecule has 0 heterocycles. The lowest BCUT2D eigenvalue weighted by Crippen LogP contribution is -2.69. The molecule has 0 bridgehead atoms. The molecule has 1 aliphatic carbocycles. The van der Waals surface area contributed by atoms with E-state index in [0.29, 0.717) is 6.54 Å². The first kappa shape index (κ1) is 18.8. The summed E-state index contributed by atoms with van der Waals surface area (Å²) in [5.41, 5.74) is 5.72. The fourth-order valence-corrected chi connectivity index (χ4v) is 3.59. The molecule has 0 aromatic heterocycles. The van der Waals surface area contributed by atoms with E-state index in [9.17, 15) is 8.42 Å². The Morgan fingerprint density at radius 2 is 1.81 bits per heavy atom. The summed E-state index contributed by atoms with van der Waals surface area (Å²) in [6.07, 6.45) is 2.44. The van der Waals surface area contributed by atoms with Crippen LogP contribution in [-0.4, -0.2) is 70.2 Å². The van der Waals surface area contributed by atoms with Crippen molar-refractivity contribution in [1.29, 1.82) is 0 Å². The predicted octanol–water partition coefficient (Wildman–Crippen LogP) is -1.93. The van der Waals surface area contributed by atoms with Crippen LogP contribution in [0.4, 0.5) is 0 Å². The van der Waals surface area contributed by atoms with Crippen molar-refractivity contribution in [3.63, 3.8) is 0 Å². The lowest BCUT2D eigenvalue weighted by molar-refractivity contribution is 0.0986. The SMILES string of the molecule is CNC1(CNCCS(=O)(=O)O)CC(N)CC(NC)(NC)C1. The molecule has 1 rings (SSSR count). The first-order valence-electron chi connectivity index (χ1n) is 7.18. The van der Waals surface area contributed by atoms with Crippen LogP contribution in [-0.2, 0) is 10.1 Å². The molecule has 0 aromatic rings. The second-order valence-electron chi connectivity index (χ2n) is 5.92. The predicted molar refractivity (Wildman–Crippen MR) is 83.8 cm³/mol. The topological polar surface area (TPSA) is 129 Å². The van der Waals surface area contributed by atoms with E-state index in [1.165, 1.54) is 0 Å². The van der Waals surface area contributed by atoms with Gasteiger partial charge in [0, 0.05) is 24.7 Å². The molecule has 0 amide bonds. The molecule has 0 aliphatic heterocycles. The van der Waals surface area contributed by atoms with Crippen molar-refractivity contribution >= 4 is 10.1 Å². The molecule has 0 saturated heterocycles. The minimum Gasteiger partial charge on any atom is -0.328 e. The molecule has 21 heavy (non-hydrogen) atoms. The van der Waals surface area contributed by atoms with Crippen molar-refractivity contribution in [3.8, 4) is 0 Å². The van der Waals surface area contributed by atoms with Gasteiger partial charge in [-0.25, -0.2) is 0 Å². The smallest absolute Gasteiger partial charge is 0.266 e. The average Bonchev–Trinajstić information content (AvgIpc) is 2.42. The van der Waals surface area contributed by atoms with Gasteiger partial charge in [-0.1, -0.05) is 0 Å². The van der Waals surface area contributed by atoms with E-state index < -0.39 is 10.1 Å². The molecule has 8 nitrogen and oxygen atoms in total. The van der Waals surface area contributed by atoms with Crippen LogP contribution in [0.15, 0.2) is 0 Å². The summed E-state index contributed by atoms with van der Waals surface area (Å²) >= 11 is 0. The van der Waals surface area contributed by atoms with E-state index in [1.54, 1.807) is 0 Å². The molecular formula is C12H29N5O3S. The Balaban J connectivity index is 2.69. The number of nitrogens with two attached hydrogens (primary N) is 1. The van der Waals surface area contributed by atoms with E-state index in [-0.39, 0.29) is 29.5 Å². The molecule has 126 valence electrons. The van der Waals surface area contributed by atoms with Gasteiger partial charge < -0.3 is 27.0 Å². The third-order valence-corrected chi connectivity index (χ3v) is 5.11. The second-order valence-corrected chi connectivity index (χ2v) is 7.49. The monoisotopic (exact) mass is 323 g/mol. The Bertz CT molecular complexity index is 427. The Labute approximate surface area is 127 Å². The van der Waals surface area contributed by atoms with Crippen LogP contribution in [0.5, 0.6) is 0 Å². The number of nitrogens with one attached hydrogen (secondary N) is 4. The van der Waals surface area contributed by atoms with Crippen LogP contribution < -0.4 is 27.0 Å². The van der Waals surface area contributed by atoms with Gasteiger partial charge >= 0.3 is 0 Å². The van der Waals surface area contributed by atoms with Gasteiger partial charge in [0.05, 0.1) is 11.4 Å². The standard InChI is InChI=1S/C12H29N5O3S/c1-14-11(9-17-4-5-21(18,19)20)6-10(13)7-12(8-11,15-2)16-3/h10,14-17H,4-9,13H2,1-3H3,(H,18,19,20). The highest BCUT2D eigenvalue weighted by molar-refractivity contribution is 7.85. The van der Waals surface area contributed by atoms with Crippen molar-refractivity contribution < 1.29 is 13.0 Å². The Morgan fingerprint density at radius 3 is 2.29 bits per heavy atom. The Morgan fingerprint density at radius 1 is 1.19 bits per heavy atom. The minimum absolute atomic E-state index is 0.0366. The van der Waals surface area contributed by atoms with Crippen molar-refractivity contribution in [3.05, 3.63) is 0 Å². The third kappa shape index (κ3) is 5.44. The van der Waals surface area contributed by atoms with Gasteiger partial charge in [-0.15, -0.1) is 0 Å². The first-order chi connectivity index (χ1) is 9.70. The molecule has 1 aliphatic rings. The normalized spacial score (nSPS) is 29.5. The summed E-state index contributed by atoms with van der Waals surface area (Å²) in [7, 11) is 1.77. The van der Waals surface area contributed by atoms with Gasteiger partial charge in [0.15, 0.2) is 0 Å². The summed E-state index contributed by atoms with van der Waals surface area (Å²) in [6.45, 7) is 0.793. The van der Waals surface area contributed by atoms with Crippen LogP contribution in [0, 0.1) is 0 Å². The Kier molecular flexibility index (Phi) is 6.54. The zero-order valence-electron chi connectivity index (χ0n) is 13.1. The fraction of sp³-hybridized carbons (Fsp3) is 1.00. The largest absolute Gasteiger partial charge is 0.328 e. The Hall–Kier alpha value is -0.290. The highest BCUT2D eigenvalue weighted by atomic mass is 32.2. The van der Waals surface area contributed by atoms with Crippen molar-refractivity contribution in [2.45, 2.75) is 36.5 Å². The number of likely N-dealkylation sites (N-methyl/N-ethyl adjacent to an activating group) is 1. The molecule has 7 N–H and O–H groups in total. The van der Waals surface area contributed by atoms with Gasteiger partial charge in [-0.05, 0) is 40.4 Å². The molecular weight excluding hydrogens is 294 g/mol. The second kappa shape index (κ2) is 7.32. The lowest BCUT2D eigenvalue weighted by atomic mass is 9.73. The van der Waals surface area contributed by atoms with E-state index >= 15 is 0 Å². The van der Waals surface area contributed by atoms with Gasteiger partial charge in [-0.2, -0.15) is 8.42 Å². The molecule has 0 spiro atoms. The summed E-state index contributed by atoms with van der Waals surface area (Å²) in [5.74, 6) is -0.290. The highest BCUT2D eigenvalue weighted by Gasteiger charge is 2.45. The van der Waals surface area contributed by atoms with Crippen LogP contribution in [0.25, 0.3) is 0 Å². The fourth-order valence-electron chi connectivity index (χ4n) is 3.19. The molecule has 2 atom stereocenters. The molecule has 9 heteroatoms. The summed E-state index contributed by atoms with van der Waals surface area (Å²) in [6, 6.07) is 0.0366. The van der Waals surface area contributed by atoms with Gasteiger partial charge in [0.2, 0.25) is 0 Å². The van der Waals surface area contributed by atoms with E-state index in [1.807, 2.05) is 21.1 Å². The van der Waals surface area contributed by atoms with E-state index in [4.69, 9.17) is 10.3 Å².